The van der Waals surface area contributed by atoms with Crippen LogP contribution in [0.3, 0.4) is 0 Å². The lowest BCUT2D eigenvalue weighted by Gasteiger charge is -2.09. The summed E-state index contributed by atoms with van der Waals surface area (Å²) in [6, 6.07) is 11.2. The van der Waals surface area contributed by atoms with Gasteiger partial charge in [0, 0.05) is 6.07 Å². The molecule has 18 heavy (non-hydrogen) atoms. The van der Waals surface area contributed by atoms with Gasteiger partial charge >= 0.3 is 0 Å². The summed E-state index contributed by atoms with van der Waals surface area (Å²) >= 11 is 0. The Morgan fingerprint density at radius 1 is 1.06 bits per heavy atom. The molecule has 4 heteroatoms. The van der Waals surface area contributed by atoms with Crippen molar-refractivity contribution in [1.82, 2.24) is 0 Å². The van der Waals surface area contributed by atoms with Gasteiger partial charge in [-0.2, -0.15) is 0 Å². The quantitative estimate of drug-likeness (QED) is 0.839. The highest BCUT2D eigenvalue weighted by Crippen LogP contribution is 2.28. The minimum atomic E-state index is -0.383. The van der Waals surface area contributed by atoms with Gasteiger partial charge in [-0.1, -0.05) is 0 Å². The zero-order chi connectivity index (χ0) is 13.0. The minimum absolute atomic E-state index is 0.267. The molecule has 0 radical (unpaired) electrons. The van der Waals surface area contributed by atoms with Crippen molar-refractivity contribution in [2.45, 2.75) is 6.92 Å². The van der Waals surface area contributed by atoms with E-state index < -0.39 is 0 Å². The standard InChI is InChI=1S/C14H14FNO2/c1-2-17-11-4-6-12(7-5-11)18-14-8-3-10(15)9-13(14)16/h3-9H,2,16H2,1H3. The highest BCUT2D eigenvalue weighted by Gasteiger charge is 2.03. The van der Waals surface area contributed by atoms with Crippen LogP contribution in [0.1, 0.15) is 6.92 Å². The predicted octanol–water partition coefficient (Wildman–Crippen LogP) is 3.60. The van der Waals surface area contributed by atoms with E-state index in [1.165, 1.54) is 18.2 Å². The van der Waals surface area contributed by atoms with Crippen LogP contribution in [0, 0.1) is 5.82 Å². The summed E-state index contributed by atoms with van der Waals surface area (Å²) in [5.41, 5.74) is 5.92. The summed E-state index contributed by atoms with van der Waals surface area (Å²) in [7, 11) is 0. The van der Waals surface area contributed by atoms with E-state index in [9.17, 15) is 4.39 Å². The Balaban J connectivity index is 2.13. The summed E-state index contributed by atoms with van der Waals surface area (Å²) in [5.74, 6) is 1.45. The van der Waals surface area contributed by atoms with E-state index in [4.69, 9.17) is 15.2 Å². The van der Waals surface area contributed by atoms with Gasteiger partial charge in [-0.3, -0.25) is 0 Å². The van der Waals surface area contributed by atoms with Crippen LogP contribution >= 0.6 is 0 Å². The number of hydrogen-bond acceptors (Lipinski definition) is 3. The zero-order valence-electron chi connectivity index (χ0n) is 10.0. The number of halogens is 1. The molecule has 0 aliphatic rings. The zero-order valence-corrected chi connectivity index (χ0v) is 10.0. The van der Waals surface area contributed by atoms with Crippen molar-refractivity contribution in [2.24, 2.45) is 0 Å². The number of hydrogen-bond donors (Lipinski definition) is 1. The van der Waals surface area contributed by atoms with Crippen molar-refractivity contribution < 1.29 is 13.9 Å². The van der Waals surface area contributed by atoms with Crippen LogP contribution in [0.2, 0.25) is 0 Å². The van der Waals surface area contributed by atoms with Gasteiger partial charge in [-0.25, -0.2) is 4.39 Å². The Morgan fingerprint density at radius 3 is 2.33 bits per heavy atom. The number of nitrogens with two attached hydrogens (primary N) is 1. The molecule has 0 heterocycles. The Morgan fingerprint density at radius 2 is 1.72 bits per heavy atom. The van der Waals surface area contributed by atoms with Gasteiger partial charge in [0.15, 0.2) is 5.75 Å². The first kappa shape index (κ1) is 12.2. The van der Waals surface area contributed by atoms with Crippen molar-refractivity contribution in [3.8, 4) is 17.2 Å². The molecule has 0 saturated carbocycles. The van der Waals surface area contributed by atoms with Crippen LogP contribution < -0.4 is 15.2 Å². The fraction of sp³-hybridized carbons (Fsp3) is 0.143. The number of anilines is 1. The first-order chi connectivity index (χ1) is 8.69. The normalized spacial score (nSPS) is 10.1. The largest absolute Gasteiger partial charge is 0.494 e. The van der Waals surface area contributed by atoms with Gasteiger partial charge in [-0.05, 0) is 43.3 Å². The second-order valence-electron chi connectivity index (χ2n) is 3.69. The van der Waals surface area contributed by atoms with Crippen LogP contribution in [0.4, 0.5) is 10.1 Å². The molecular formula is C14H14FNO2. The molecule has 2 aromatic carbocycles. The Hall–Kier alpha value is -2.23. The molecule has 2 rings (SSSR count). The molecule has 0 amide bonds. The SMILES string of the molecule is CCOc1ccc(Oc2ccc(F)cc2N)cc1. The fourth-order valence-corrected chi connectivity index (χ4v) is 1.51. The molecule has 0 aliphatic carbocycles. The fourth-order valence-electron chi connectivity index (χ4n) is 1.51. The predicted molar refractivity (Wildman–Crippen MR) is 68.5 cm³/mol. The van der Waals surface area contributed by atoms with E-state index in [1.807, 2.05) is 6.92 Å². The van der Waals surface area contributed by atoms with Crippen LogP contribution in [0.15, 0.2) is 42.5 Å². The smallest absolute Gasteiger partial charge is 0.150 e. The topological polar surface area (TPSA) is 44.5 Å². The molecule has 0 bridgehead atoms. The van der Waals surface area contributed by atoms with E-state index in [2.05, 4.69) is 0 Å². The summed E-state index contributed by atoms with van der Waals surface area (Å²) in [6.45, 7) is 2.54. The molecule has 94 valence electrons. The average molecular weight is 247 g/mol. The monoisotopic (exact) mass is 247 g/mol. The Labute approximate surface area is 105 Å². The van der Waals surface area contributed by atoms with Gasteiger partial charge in [0.25, 0.3) is 0 Å². The lowest BCUT2D eigenvalue weighted by atomic mass is 10.3. The third-order valence-corrected chi connectivity index (χ3v) is 2.33. The lowest BCUT2D eigenvalue weighted by Crippen LogP contribution is -1.94. The molecule has 0 fully saturated rings. The molecule has 0 spiro atoms. The first-order valence-corrected chi connectivity index (χ1v) is 5.65. The average Bonchev–Trinajstić information content (AvgIpc) is 2.35. The molecule has 2 N–H and O–H groups in total. The Kier molecular flexibility index (Phi) is 3.67. The summed E-state index contributed by atoms with van der Waals surface area (Å²) in [4.78, 5) is 0. The minimum Gasteiger partial charge on any atom is -0.494 e. The number of rotatable bonds is 4. The van der Waals surface area contributed by atoms with Crippen LogP contribution in [-0.4, -0.2) is 6.61 Å². The van der Waals surface area contributed by atoms with E-state index in [-0.39, 0.29) is 11.5 Å². The third kappa shape index (κ3) is 2.91. The molecular weight excluding hydrogens is 233 g/mol. The molecule has 2 aromatic rings. The molecule has 0 aliphatic heterocycles. The van der Waals surface area contributed by atoms with Gasteiger partial charge in [0.1, 0.15) is 17.3 Å². The summed E-state index contributed by atoms with van der Waals surface area (Å²) < 4.78 is 23.7. The van der Waals surface area contributed by atoms with Crippen molar-refractivity contribution >= 4 is 5.69 Å². The van der Waals surface area contributed by atoms with Crippen molar-refractivity contribution in [2.75, 3.05) is 12.3 Å². The van der Waals surface area contributed by atoms with Crippen LogP contribution in [0.5, 0.6) is 17.2 Å². The first-order valence-electron chi connectivity index (χ1n) is 5.65. The van der Waals surface area contributed by atoms with E-state index >= 15 is 0 Å². The highest BCUT2D eigenvalue weighted by molar-refractivity contribution is 5.54. The van der Waals surface area contributed by atoms with Crippen LogP contribution in [0.25, 0.3) is 0 Å². The van der Waals surface area contributed by atoms with Gasteiger partial charge < -0.3 is 15.2 Å². The van der Waals surface area contributed by atoms with Crippen molar-refractivity contribution in [3.63, 3.8) is 0 Å². The van der Waals surface area contributed by atoms with E-state index in [1.54, 1.807) is 24.3 Å². The third-order valence-electron chi connectivity index (χ3n) is 2.33. The highest BCUT2D eigenvalue weighted by atomic mass is 19.1. The summed E-state index contributed by atoms with van der Waals surface area (Å²) in [5, 5.41) is 0. The number of nitrogen functional groups attached to an aromatic ring is 1. The van der Waals surface area contributed by atoms with Crippen molar-refractivity contribution in [3.05, 3.63) is 48.3 Å². The number of benzene rings is 2. The molecule has 0 unspecified atom stereocenters. The van der Waals surface area contributed by atoms with Gasteiger partial charge in [0.05, 0.1) is 12.3 Å². The van der Waals surface area contributed by atoms with E-state index in [0.717, 1.165) is 5.75 Å². The molecule has 0 atom stereocenters. The van der Waals surface area contributed by atoms with Crippen molar-refractivity contribution in [1.29, 1.82) is 0 Å². The lowest BCUT2D eigenvalue weighted by molar-refractivity contribution is 0.339. The van der Waals surface area contributed by atoms with Gasteiger partial charge in [0.2, 0.25) is 0 Å². The molecule has 0 saturated heterocycles. The summed E-state index contributed by atoms with van der Waals surface area (Å²) in [6.07, 6.45) is 0. The second kappa shape index (κ2) is 5.40. The Bertz CT molecular complexity index is 526. The second-order valence-corrected chi connectivity index (χ2v) is 3.69. The molecule has 0 aromatic heterocycles. The maximum absolute atomic E-state index is 12.9. The maximum Gasteiger partial charge on any atom is 0.150 e. The number of ether oxygens (including phenoxy) is 2. The van der Waals surface area contributed by atoms with E-state index in [0.29, 0.717) is 18.1 Å². The molecule has 3 nitrogen and oxygen atoms in total. The van der Waals surface area contributed by atoms with Crippen LogP contribution in [-0.2, 0) is 0 Å². The maximum atomic E-state index is 12.9. The van der Waals surface area contributed by atoms with Gasteiger partial charge in [-0.15, -0.1) is 0 Å².